The van der Waals surface area contributed by atoms with Gasteiger partial charge in [0.15, 0.2) is 5.78 Å². The molecule has 0 aliphatic heterocycles. The van der Waals surface area contributed by atoms with E-state index in [9.17, 15) is 9.59 Å². The zero-order valence-corrected chi connectivity index (χ0v) is 16.5. The smallest absolute Gasteiger partial charge is 0.340 e. The first-order valence-corrected chi connectivity index (χ1v) is 9.04. The highest BCUT2D eigenvalue weighted by molar-refractivity contribution is 5.92. The molecule has 0 bridgehead atoms. The molecule has 0 saturated heterocycles. The number of hydrogen-bond acceptors (Lipinski definition) is 7. The standard InChI is InChI=1S/C21H22N6O2/c1-5-16(28)9-15-8-12(2)6-7-17(15)24-18-13(3)10-22-20(25-18)26-19-14(4)11-23-21(29)27-19/h5-8,10-11H,1,9H2,2-4H3,(H3,22,23,24,25,26,27,29). The van der Waals surface area contributed by atoms with Gasteiger partial charge in [0.25, 0.3) is 0 Å². The molecule has 8 nitrogen and oxygen atoms in total. The number of aromatic amines is 1. The number of aryl methyl sites for hydroxylation is 3. The van der Waals surface area contributed by atoms with Crippen LogP contribution in [0.5, 0.6) is 0 Å². The minimum absolute atomic E-state index is 0.0578. The second-order valence-corrected chi connectivity index (χ2v) is 6.73. The Morgan fingerprint density at radius 2 is 1.90 bits per heavy atom. The molecule has 0 unspecified atom stereocenters. The highest BCUT2D eigenvalue weighted by atomic mass is 16.1. The predicted octanol–water partition coefficient (Wildman–Crippen LogP) is 3.27. The van der Waals surface area contributed by atoms with Crippen LogP contribution in [-0.2, 0) is 11.2 Å². The lowest BCUT2D eigenvalue weighted by Crippen LogP contribution is -2.14. The van der Waals surface area contributed by atoms with Gasteiger partial charge in [0.2, 0.25) is 5.95 Å². The number of benzene rings is 1. The maximum Gasteiger partial charge on any atom is 0.346 e. The molecule has 3 aromatic rings. The minimum Gasteiger partial charge on any atom is -0.340 e. The summed E-state index contributed by atoms with van der Waals surface area (Å²) in [5.74, 6) is 1.33. The van der Waals surface area contributed by atoms with E-state index in [0.717, 1.165) is 27.9 Å². The van der Waals surface area contributed by atoms with Crippen LogP contribution in [-0.4, -0.2) is 25.7 Å². The SMILES string of the molecule is C=CC(=O)Cc1cc(C)ccc1Nc1nc(Nc2[nH]c(=O)ncc2C)ncc1C. The van der Waals surface area contributed by atoms with Gasteiger partial charge in [0, 0.05) is 35.6 Å². The fraction of sp³-hybridized carbons (Fsp3) is 0.190. The third-order valence-electron chi connectivity index (χ3n) is 4.32. The second-order valence-electron chi connectivity index (χ2n) is 6.73. The summed E-state index contributed by atoms with van der Waals surface area (Å²) in [7, 11) is 0. The van der Waals surface area contributed by atoms with Crippen LogP contribution in [0.4, 0.5) is 23.3 Å². The van der Waals surface area contributed by atoms with Crippen molar-refractivity contribution in [2.75, 3.05) is 10.6 Å². The number of rotatable bonds is 7. The number of hydrogen-bond donors (Lipinski definition) is 3. The van der Waals surface area contributed by atoms with E-state index in [-0.39, 0.29) is 12.2 Å². The van der Waals surface area contributed by atoms with Gasteiger partial charge in [0.05, 0.1) is 0 Å². The van der Waals surface area contributed by atoms with E-state index in [1.165, 1.54) is 12.3 Å². The van der Waals surface area contributed by atoms with Crippen molar-refractivity contribution in [3.8, 4) is 0 Å². The average molecular weight is 390 g/mol. The molecule has 29 heavy (non-hydrogen) atoms. The summed E-state index contributed by atoms with van der Waals surface area (Å²) < 4.78 is 0. The predicted molar refractivity (Wildman–Crippen MR) is 113 cm³/mol. The number of anilines is 4. The molecule has 8 heteroatoms. The highest BCUT2D eigenvalue weighted by Crippen LogP contribution is 2.25. The van der Waals surface area contributed by atoms with Crippen molar-refractivity contribution in [1.82, 2.24) is 19.9 Å². The van der Waals surface area contributed by atoms with Gasteiger partial charge in [-0.3, -0.25) is 9.78 Å². The Balaban J connectivity index is 1.91. The molecular weight excluding hydrogens is 368 g/mol. The second kappa shape index (κ2) is 8.47. The van der Waals surface area contributed by atoms with Gasteiger partial charge in [-0.25, -0.2) is 14.8 Å². The fourth-order valence-corrected chi connectivity index (χ4v) is 2.71. The Morgan fingerprint density at radius 1 is 1.14 bits per heavy atom. The molecule has 0 saturated carbocycles. The van der Waals surface area contributed by atoms with Gasteiger partial charge >= 0.3 is 5.69 Å². The number of aromatic nitrogens is 4. The average Bonchev–Trinajstić information content (AvgIpc) is 2.69. The van der Waals surface area contributed by atoms with E-state index in [4.69, 9.17) is 0 Å². The number of ketones is 1. The summed E-state index contributed by atoms with van der Waals surface area (Å²) >= 11 is 0. The molecule has 2 heterocycles. The number of carbonyl (C=O) groups is 1. The summed E-state index contributed by atoms with van der Waals surface area (Å²) in [4.78, 5) is 38.4. The Hall–Kier alpha value is -3.81. The Bertz CT molecular complexity index is 1140. The molecule has 0 amide bonds. The van der Waals surface area contributed by atoms with E-state index in [1.807, 2.05) is 39.0 Å². The van der Waals surface area contributed by atoms with Gasteiger partial charge in [-0.2, -0.15) is 4.98 Å². The minimum atomic E-state index is -0.459. The summed E-state index contributed by atoms with van der Waals surface area (Å²) in [5.41, 5.74) is 3.83. The molecule has 0 spiro atoms. The first-order chi connectivity index (χ1) is 13.9. The number of nitrogens with one attached hydrogen (secondary N) is 3. The number of carbonyl (C=O) groups excluding carboxylic acids is 1. The highest BCUT2D eigenvalue weighted by Gasteiger charge is 2.11. The Morgan fingerprint density at radius 3 is 2.66 bits per heavy atom. The topological polar surface area (TPSA) is 113 Å². The molecule has 0 aliphatic carbocycles. The summed E-state index contributed by atoms with van der Waals surface area (Å²) in [6.45, 7) is 9.21. The van der Waals surface area contributed by atoms with Crippen LogP contribution in [0.25, 0.3) is 0 Å². The van der Waals surface area contributed by atoms with Gasteiger partial charge in [0.1, 0.15) is 11.6 Å². The van der Waals surface area contributed by atoms with Gasteiger partial charge in [-0.05, 0) is 38.5 Å². The first kappa shape index (κ1) is 19.9. The van der Waals surface area contributed by atoms with E-state index in [1.54, 1.807) is 6.20 Å². The summed E-state index contributed by atoms with van der Waals surface area (Å²) in [6.07, 6.45) is 4.72. The molecule has 148 valence electrons. The normalized spacial score (nSPS) is 10.4. The lowest BCUT2D eigenvalue weighted by molar-refractivity contribution is -0.114. The van der Waals surface area contributed by atoms with Crippen molar-refractivity contribution in [2.24, 2.45) is 0 Å². The monoisotopic (exact) mass is 390 g/mol. The van der Waals surface area contributed by atoms with Crippen LogP contribution in [0.2, 0.25) is 0 Å². The molecule has 3 rings (SSSR count). The van der Waals surface area contributed by atoms with Gasteiger partial charge in [-0.1, -0.05) is 24.3 Å². The van der Waals surface area contributed by atoms with Crippen LogP contribution in [0.15, 0.2) is 48.0 Å². The largest absolute Gasteiger partial charge is 0.346 e. The third-order valence-corrected chi connectivity index (χ3v) is 4.32. The fourth-order valence-electron chi connectivity index (χ4n) is 2.71. The van der Waals surface area contributed by atoms with Gasteiger partial charge in [-0.15, -0.1) is 0 Å². The molecule has 0 atom stereocenters. The van der Waals surface area contributed by atoms with Crippen molar-refractivity contribution in [2.45, 2.75) is 27.2 Å². The van der Waals surface area contributed by atoms with Crippen molar-refractivity contribution in [3.05, 3.63) is 76.0 Å². The molecule has 0 fully saturated rings. The van der Waals surface area contributed by atoms with Crippen LogP contribution in [0.3, 0.4) is 0 Å². The molecule has 3 N–H and O–H groups in total. The van der Waals surface area contributed by atoms with E-state index in [2.05, 4.69) is 37.1 Å². The van der Waals surface area contributed by atoms with Gasteiger partial charge < -0.3 is 10.6 Å². The molecule has 1 aromatic carbocycles. The molecule has 0 radical (unpaired) electrons. The number of H-pyrrole nitrogens is 1. The van der Waals surface area contributed by atoms with E-state index >= 15 is 0 Å². The number of allylic oxidation sites excluding steroid dienone is 1. The van der Waals surface area contributed by atoms with E-state index in [0.29, 0.717) is 17.6 Å². The van der Waals surface area contributed by atoms with Crippen LogP contribution in [0, 0.1) is 20.8 Å². The third kappa shape index (κ3) is 4.92. The molecule has 0 aliphatic rings. The maximum absolute atomic E-state index is 11.9. The summed E-state index contributed by atoms with van der Waals surface area (Å²) in [6, 6.07) is 5.84. The Labute approximate surface area is 168 Å². The zero-order valence-electron chi connectivity index (χ0n) is 16.5. The van der Waals surface area contributed by atoms with Crippen LogP contribution >= 0.6 is 0 Å². The first-order valence-electron chi connectivity index (χ1n) is 9.04. The maximum atomic E-state index is 11.9. The quantitative estimate of drug-likeness (QED) is 0.531. The zero-order chi connectivity index (χ0) is 21.0. The van der Waals surface area contributed by atoms with Crippen molar-refractivity contribution in [3.63, 3.8) is 0 Å². The Kier molecular flexibility index (Phi) is 5.82. The number of nitrogens with zero attached hydrogens (tertiary/aromatic N) is 3. The van der Waals surface area contributed by atoms with Crippen molar-refractivity contribution >= 4 is 29.1 Å². The lowest BCUT2D eigenvalue weighted by atomic mass is 10.0. The van der Waals surface area contributed by atoms with Crippen molar-refractivity contribution < 1.29 is 4.79 Å². The molecular formula is C21H22N6O2. The van der Waals surface area contributed by atoms with E-state index < -0.39 is 5.69 Å². The lowest BCUT2D eigenvalue weighted by Gasteiger charge is -2.14. The summed E-state index contributed by atoms with van der Waals surface area (Å²) in [5, 5.41) is 6.29. The molecule has 2 aromatic heterocycles. The van der Waals surface area contributed by atoms with Crippen LogP contribution < -0.4 is 16.3 Å². The van der Waals surface area contributed by atoms with Crippen LogP contribution in [0.1, 0.15) is 22.3 Å². The van der Waals surface area contributed by atoms with Crippen molar-refractivity contribution in [1.29, 1.82) is 0 Å².